The van der Waals surface area contributed by atoms with Crippen molar-refractivity contribution in [3.8, 4) is 0 Å². The highest BCUT2D eigenvalue weighted by Crippen LogP contribution is 2.22. The van der Waals surface area contributed by atoms with Crippen LogP contribution < -0.4 is 0 Å². The van der Waals surface area contributed by atoms with Crippen molar-refractivity contribution in [3.63, 3.8) is 0 Å². The van der Waals surface area contributed by atoms with Gasteiger partial charge in [0.05, 0.1) is 0 Å². The molecular weight excluding hydrogens is 252 g/mol. The minimum absolute atomic E-state index is 0.244. The zero-order valence-electron chi connectivity index (χ0n) is 11.5. The SMILES string of the molecule is CN(C)C(=O)C(C(=O)c1ccccn1)c1ccccc1. The number of likely N-dealkylation sites (N-methyl/N-ethyl adjacent to an activating group) is 1. The number of rotatable bonds is 4. The van der Waals surface area contributed by atoms with Crippen molar-refractivity contribution in [1.82, 2.24) is 9.88 Å². The Bertz CT molecular complexity index is 594. The summed E-state index contributed by atoms with van der Waals surface area (Å²) in [5.41, 5.74) is 0.985. The molecule has 4 nitrogen and oxygen atoms in total. The summed E-state index contributed by atoms with van der Waals surface area (Å²) in [7, 11) is 3.29. The van der Waals surface area contributed by atoms with Crippen molar-refractivity contribution in [1.29, 1.82) is 0 Å². The van der Waals surface area contributed by atoms with Crippen molar-refractivity contribution in [2.75, 3.05) is 14.1 Å². The molecule has 0 fully saturated rings. The number of carbonyl (C=O) groups excluding carboxylic acids is 2. The Hall–Kier alpha value is -2.49. The number of amides is 1. The fraction of sp³-hybridized carbons (Fsp3) is 0.188. The molecule has 0 radical (unpaired) electrons. The van der Waals surface area contributed by atoms with E-state index in [0.29, 0.717) is 11.3 Å². The van der Waals surface area contributed by atoms with Crippen LogP contribution in [0, 0.1) is 0 Å². The number of hydrogen-bond donors (Lipinski definition) is 0. The molecule has 0 saturated heterocycles. The van der Waals surface area contributed by atoms with Crippen molar-refractivity contribution in [3.05, 3.63) is 66.0 Å². The fourth-order valence-electron chi connectivity index (χ4n) is 1.97. The normalized spacial score (nSPS) is 11.7. The van der Waals surface area contributed by atoms with Crippen LogP contribution >= 0.6 is 0 Å². The summed E-state index contributed by atoms with van der Waals surface area (Å²) in [5, 5.41) is 0. The van der Waals surface area contributed by atoms with Crippen LogP contribution in [0.25, 0.3) is 0 Å². The zero-order valence-corrected chi connectivity index (χ0v) is 11.5. The van der Waals surface area contributed by atoms with E-state index in [2.05, 4.69) is 4.98 Å². The van der Waals surface area contributed by atoms with E-state index < -0.39 is 5.92 Å². The van der Waals surface area contributed by atoms with Crippen molar-refractivity contribution < 1.29 is 9.59 Å². The Morgan fingerprint density at radius 1 is 1.00 bits per heavy atom. The molecule has 0 aliphatic heterocycles. The second kappa shape index (κ2) is 6.10. The van der Waals surface area contributed by atoms with E-state index in [-0.39, 0.29) is 11.7 Å². The van der Waals surface area contributed by atoms with Gasteiger partial charge in [-0.25, -0.2) is 0 Å². The van der Waals surface area contributed by atoms with Crippen molar-refractivity contribution in [2.45, 2.75) is 5.92 Å². The van der Waals surface area contributed by atoms with Gasteiger partial charge in [-0.2, -0.15) is 0 Å². The van der Waals surface area contributed by atoms with Crippen LogP contribution in [-0.2, 0) is 4.79 Å². The van der Waals surface area contributed by atoms with Gasteiger partial charge in [0.1, 0.15) is 11.6 Å². The monoisotopic (exact) mass is 268 g/mol. The number of Topliss-reactive ketones (excluding diaryl/α,β-unsaturated/α-hetero) is 1. The largest absolute Gasteiger partial charge is 0.348 e. The van der Waals surface area contributed by atoms with Gasteiger partial charge in [0, 0.05) is 20.3 Å². The average Bonchev–Trinajstić information content (AvgIpc) is 2.49. The molecule has 0 N–H and O–H groups in total. The summed E-state index contributed by atoms with van der Waals surface area (Å²) in [5.74, 6) is -1.37. The Morgan fingerprint density at radius 3 is 2.20 bits per heavy atom. The van der Waals surface area contributed by atoms with Crippen LogP contribution in [0.4, 0.5) is 0 Å². The second-order valence-electron chi connectivity index (χ2n) is 4.66. The summed E-state index contributed by atoms with van der Waals surface area (Å²) < 4.78 is 0. The van der Waals surface area contributed by atoms with Gasteiger partial charge < -0.3 is 4.90 Å². The molecule has 1 unspecified atom stereocenters. The number of benzene rings is 1. The minimum atomic E-state index is -0.846. The first-order valence-corrected chi connectivity index (χ1v) is 6.32. The van der Waals surface area contributed by atoms with Gasteiger partial charge >= 0.3 is 0 Å². The lowest BCUT2D eigenvalue weighted by Gasteiger charge is -2.19. The molecule has 2 aromatic rings. The van der Waals surface area contributed by atoms with Gasteiger partial charge in [0.2, 0.25) is 5.91 Å². The molecule has 1 heterocycles. The van der Waals surface area contributed by atoms with Crippen LogP contribution in [0.1, 0.15) is 22.0 Å². The van der Waals surface area contributed by atoms with Gasteiger partial charge in [0.25, 0.3) is 0 Å². The summed E-state index contributed by atoms with van der Waals surface area (Å²) in [6, 6.07) is 14.2. The summed E-state index contributed by atoms with van der Waals surface area (Å²) in [6.07, 6.45) is 1.55. The molecule has 1 aromatic heterocycles. The molecule has 0 bridgehead atoms. The van der Waals surface area contributed by atoms with E-state index in [4.69, 9.17) is 0 Å². The predicted molar refractivity (Wildman–Crippen MR) is 76.4 cm³/mol. The highest BCUT2D eigenvalue weighted by molar-refractivity contribution is 6.13. The molecule has 4 heteroatoms. The standard InChI is InChI=1S/C16H16N2O2/c1-18(2)16(20)14(12-8-4-3-5-9-12)15(19)13-10-6-7-11-17-13/h3-11,14H,1-2H3. The Morgan fingerprint density at radius 2 is 1.65 bits per heavy atom. The first-order valence-electron chi connectivity index (χ1n) is 6.32. The third-order valence-corrected chi connectivity index (χ3v) is 3.00. The van der Waals surface area contributed by atoms with Crippen LogP contribution in [0.2, 0.25) is 0 Å². The molecule has 1 amide bonds. The van der Waals surface area contributed by atoms with Crippen LogP contribution in [0.5, 0.6) is 0 Å². The Kier molecular flexibility index (Phi) is 4.25. The first kappa shape index (κ1) is 13.9. The van der Waals surface area contributed by atoms with E-state index in [0.717, 1.165) is 0 Å². The number of carbonyl (C=O) groups is 2. The third-order valence-electron chi connectivity index (χ3n) is 3.00. The third kappa shape index (κ3) is 2.91. The van der Waals surface area contributed by atoms with Gasteiger partial charge in [-0.05, 0) is 17.7 Å². The Balaban J connectivity index is 2.43. The molecule has 20 heavy (non-hydrogen) atoms. The van der Waals surface area contributed by atoms with Crippen molar-refractivity contribution in [2.24, 2.45) is 0 Å². The van der Waals surface area contributed by atoms with E-state index in [1.54, 1.807) is 50.6 Å². The van der Waals surface area contributed by atoms with E-state index in [1.807, 2.05) is 18.2 Å². The fourth-order valence-corrected chi connectivity index (χ4v) is 1.97. The summed E-state index contributed by atoms with van der Waals surface area (Å²) in [4.78, 5) is 30.4. The Labute approximate surface area is 118 Å². The maximum atomic E-state index is 12.6. The highest BCUT2D eigenvalue weighted by atomic mass is 16.2. The topological polar surface area (TPSA) is 50.3 Å². The lowest BCUT2D eigenvalue weighted by atomic mass is 9.91. The molecule has 0 aliphatic carbocycles. The number of pyridine rings is 1. The predicted octanol–water partition coefficient (Wildman–Crippen LogP) is 2.14. The number of aromatic nitrogens is 1. The lowest BCUT2D eigenvalue weighted by molar-refractivity contribution is -0.129. The zero-order chi connectivity index (χ0) is 14.5. The van der Waals surface area contributed by atoms with E-state index in [1.165, 1.54) is 4.90 Å². The van der Waals surface area contributed by atoms with Gasteiger partial charge in [-0.1, -0.05) is 36.4 Å². The number of hydrogen-bond acceptors (Lipinski definition) is 3. The van der Waals surface area contributed by atoms with Gasteiger partial charge in [0.15, 0.2) is 5.78 Å². The van der Waals surface area contributed by atoms with Gasteiger partial charge in [-0.15, -0.1) is 0 Å². The van der Waals surface area contributed by atoms with E-state index in [9.17, 15) is 9.59 Å². The highest BCUT2D eigenvalue weighted by Gasteiger charge is 2.31. The van der Waals surface area contributed by atoms with Gasteiger partial charge in [-0.3, -0.25) is 14.6 Å². The minimum Gasteiger partial charge on any atom is -0.348 e. The lowest BCUT2D eigenvalue weighted by Crippen LogP contribution is -2.33. The van der Waals surface area contributed by atoms with Crippen molar-refractivity contribution >= 4 is 11.7 Å². The molecule has 2 rings (SSSR count). The molecule has 0 saturated carbocycles. The number of ketones is 1. The maximum Gasteiger partial charge on any atom is 0.237 e. The van der Waals surface area contributed by atoms with E-state index >= 15 is 0 Å². The molecular formula is C16H16N2O2. The number of nitrogens with zero attached hydrogens (tertiary/aromatic N) is 2. The first-order chi connectivity index (χ1) is 9.61. The van der Waals surface area contributed by atoms with Crippen LogP contribution in [-0.4, -0.2) is 35.7 Å². The summed E-state index contributed by atoms with van der Waals surface area (Å²) >= 11 is 0. The van der Waals surface area contributed by atoms with Crippen LogP contribution in [0.15, 0.2) is 54.7 Å². The molecule has 0 aliphatic rings. The maximum absolute atomic E-state index is 12.6. The quantitative estimate of drug-likeness (QED) is 0.630. The average molecular weight is 268 g/mol. The molecule has 102 valence electrons. The summed E-state index contributed by atoms with van der Waals surface area (Å²) in [6.45, 7) is 0. The molecule has 0 spiro atoms. The van der Waals surface area contributed by atoms with Crippen LogP contribution in [0.3, 0.4) is 0 Å². The second-order valence-corrected chi connectivity index (χ2v) is 4.66. The molecule has 1 aromatic carbocycles. The molecule has 1 atom stereocenters. The smallest absolute Gasteiger partial charge is 0.237 e.